The second-order valence-electron chi connectivity index (χ2n) is 2.08. The lowest BCUT2D eigenvalue weighted by Gasteiger charge is -1.97. The van der Waals surface area contributed by atoms with E-state index in [1.807, 2.05) is 0 Å². The minimum absolute atomic E-state index is 0.291. The summed E-state index contributed by atoms with van der Waals surface area (Å²) < 4.78 is 0. The van der Waals surface area contributed by atoms with Gasteiger partial charge in [0.05, 0.1) is 6.61 Å². The summed E-state index contributed by atoms with van der Waals surface area (Å²) in [5, 5.41) is 0. The van der Waals surface area contributed by atoms with Gasteiger partial charge in [-0.05, 0) is 6.42 Å². The van der Waals surface area contributed by atoms with Crippen LogP contribution in [0.4, 0.5) is 0 Å². The molecule has 0 aromatic heterocycles. The Kier molecular flexibility index (Phi) is 7.95. The van der Waals surface area contributed by atoms with Gasteiger partial charge in [-0.3, -0.25) is 4.79 Å². The van der Waals surface area contributed by atoms with Crippen LogP contribution in [-0.4, -0.2) is 13.1 Å². The molecule has 0 radical (unpaired) electrons. The van der Waals surface area contributed by atoms with Crippen molar-refractivity contribution < 1.29 is 14.6 Å². The van der Waals surface area contributed by atoms with Crippen molar-refractivity contribution in [2.45, 2.75) is 32.6 Å². The van der Waals surface area contributed by atoms with E-state index in [-0.39, 0.29) is 0 Å². The van der Waals surface area contributed by atoms with Crippen molar-refractivity contribution in [1.29, 1.82) is 0 Å². The van der Waals surface area contributed by atoms with E-state index >= 15 is 0 Å². The minimum atomic E-state index is 0.291. The molecular formula is C7H14O3. The summed E-state index contributed by atoms with van der Waals surface area (Å²) in [7, 11) is 0. The number of unbranched alkanes of at least 4 members (excludes halogenated alkanes) is 3. The van der Waals surface area contributed by atoms with Crippen molar-refractivity contribution in [1.82, 2.24) is 0 Å². The van der Waals surface area contributed by atoms with Gasteiger partial charge in [-0.1, -0.05) is 26.2 Å². The lowest BCUT2D eigenvalue weighted by Crippen LogP contribution is -1.94. The fourth-order valence-electron chi connectivity index (χ4n) is 0.664. The lowest BCUT2D eigenvalue weighted by atomic mass is 10.2. The highest BCUT2D eigenvalue weighted by Gasteiger charge is 1.87. The van der Waals surface area contributed by atoms with Crippen LogP contribution in [0.1, 0.15) is 32.6 Å². The van der Waals surface area contributed by atoms with Crippen molar-refractivity contribution >= 4 is 6.47 Å². The number of hydrogen-bond acceptors (Lipinski definition) is 3. The molecule has 3 nitrogen and oxygen atoms in total. The van der Waals surface area contributed by atoms with Crippen molar-refractivity contribution in [2.75, 3.05) is 6.61 Å². The Balaban J connectivity index is 2.70. The zero-order chi connectivity index (χ0) is 7.66. The van der Waals surface area contributed by atoms with Crippen LogP contribution in [0.2, 0.25) is 0 Å². The van der Waals surface area contributed by atoms with Gasteiger partial charge in [0.2, 0.25) is 0 Å². The average Bonchev–Trinajstić information content (AvgIpc) is 1.97. The summed E-state index contributed by atoms with van der Waals surface area (Å²) in [5.74, 6) is 0. The molecule has 0 amide bonds. The van der Waals surface area contributed by atoms with Crippen LogP contribution in [-0.2, 0) is 14.6 Å². The van der Waals surface area contributed by atoms with E-state index in [0.29, 0.717) is 13.1 Å². The topological polar surface area (TPSA) is 35.5 Å². The second-order valence-corrected chi connectivity index (χ2v) is 2.08. The molecule has 0 spiro atoms. The van der Waals surface area contributed by atoms with Gasteiger partial charge in [-0.2, -0.15) is 4.89 Å². The van der Waals surface area contributed by atoms with Gasteiger partial charge in [-0.15, -0.1) is 0 Å². The van der Waals surface area contributed by atoms with Gasteiger partial charge in [-0.25, -0.2) is 0 Å². The first-order valence-electron chi connectivity index (χ1n) is 3.63. The zero-order valence-corrected chi connectivity index (χ0v) is 6.34. The van der Waals surface area contributed by atoms with E-state index in [2.05, 4.69) is 16.7 Å². The first kappa shape index (κ1) is 9.43. The number of hydrogen-bond donors (Lipinski definition) is 0. The van der Waals surface area contributed by atoms with E-state index in [0.717, 1.165) is 12.8 Å². The van der Waals surface area contributed by atoms with Crippen molar-refractivity contribution in [3.05, 3.63) is 0 Å². The molecule has 0 atom stereocenters. The Morgan fingerprint density at radius 1 is 1.30 bits per heavy atom. The Bertz CT molecular complexity index is 73.3. The van der Waals surface area contributed by atoms with E-state index < -0.39 is 0 Å². The van der Waals surface area contributed by atoms with E-state index in [9.17, 15) is 4.79 Å². The van der Waals surface area contributed by atoms with Gasteiger partial charge >= 0.3 is 6.47 Å². The van der Waals surface area contributed by atoms with Crippen molar-refractivity contribution in [3.63, 3.8) is 0 Å². The van der Waals surface area contributed by atoms with E-state index in [1.165, 1.54) is 12.8 Å². The Morgan fingerprint density at radius 2 is 2.10 bits per heavy atom. The van der Waals surface area contributed by atoms with Gasteiger partial charge in [0.15, 0.2) is 0 Å². The third-order valence-electron chi connectivity index (χ3n) is 1.19. The summed E-state index contributed by atoms with van der Waals surface area (Å²) in [6.45, 7) is 2.95. The summed E-state index contributed by atoms with van der Waals surface area (Å²) in [6.07, 6.45) is 4.51. The molecule has 3 heteroatoms. The van der Waals surface area contributed by atoms with Crippen molar-refractivity contribution in [3.8, 4) is 0 Å². The first-order chi connectivity index (χ1) is 4.91. The summed E-state index contributed by atoms with van der Waals surface area (Å²) in [4.78, 5) is 18.0. The maximum absolute atomic E-state index is 9.55. The lowest BCUT2D eigenvalue weighted by molar-refractivity contribution is -0.259. The van der Waals surface area contributed by atoms with Crippen molar-refractivity contribution in [2.24, 2.45) is 0 Å². The standard InChI is InChI=1S/C7H14O3/c1-2-3-4-5-6-9-10-7-8/h7H,2-6H2,1H3. The molecule has 0 aliphatic carbocycles. The third-order valence-corrected chi connectivity index (χ3v) is 1.19. The molecule has 0 aromatic rings. The minimum Gasteiger partial charge on any atom is -0.302 e. The highest BCUT2D eigenvalue weighted by Crippen LogP contribution is 1.98. The van der Waals surface area contributed by atoms with Gasteiger partial charge in [0.1, 0.15) is 0 Å². The Hall–Kier alpha value is -0.570. The predicted molar refractivity (Wildman–Crippen MR) is 37.2 cm³/mol. The quantitative estimate of drug-likeness (QED) is 0.237. The molecule has 60 valence electrons. The number of carbonyl (C=O) groups excluding carboxylic acids is 1. The SMILES string of the molecule is CCCCCCOOC=O. The molecule has 0 heterocycles. The molecule has 0 bridgehead atoms. The molecule has 0 rings (SSSR count). The molecule has 0 saturated heterocycles. The van der Waals surface area contributed by atoms with Gasteiger partial charge in [0, 0.05) is 0 Å². The Labute approximate surface area is 61.2 Å². The molecule has 0 aliphatic heterocycles. The smallest absolute Gasteiger partial charge is 0.302 e. The maximum atomic E-state index is 9.55. The molecule has 0 aliphatic rings. The van der Waals surface area contributed by atoms with Crippen LogP contribution in [0.3, 0.4) is 0 Å². The van der Waals surface area contributed by atoms with Crippen LogP contribution in [0.5, 0.6) is 0 Å². The highest BCUT2D eigenvalue weighted by molar-refractivity contribution is 5.35. The van der Waals surface area contributed by atoms with Gasteiger partial charge < -0.3 is 4.89 Å². The number of rotatable bonds is 7. The molecule has 0 fully saturated rings. The normalized spacial score (nSPS) is 9.30. The molecule has 0 saturated carbocycles. The maximum Gasteiger partial charge on any atom is 0.330 e. The van der Waals surface area contributed by atoms with Crippen LogP contribution in [0.25, 0.3) is 0 Å². The summed E-state index contributed by atoms with van der Waals surface area (Å²) >= 11 is 0. The molecule has 10 heavy (non-hydrogen) atoms. The average molecular weight is 146 g/mol. The predicted octanol–water partition coefficient (Wildman–Crippen LogP) is 1.67. The van der Waals surface area contributed by atoms with Gasteiger partial charge in [0.25, 0.3) is 0 Å². The summed E-state index contributed by atoms with van der Waals surface area (Å²) in [6, 6.07) is 0. The largest absolute Gasteiger partial charge is 0.330 e. The molecule has 0 unspecified atom stereocenters. The van der Waals surface area contributed by atoms with E-state index in [1.54, 1.807) is 0 Å². The Morgan fingerprint density at radius 3 is 2.70 bits per heavy atom. The fraction of sp³-hybridized carbons (Fsp3) is 0.857. The van der Waals surface area contributed by atoms with Crippen LogP contribution in [0, 0.1) is 0 Å². The van der Waals surface area contributed by atoms with Crippen LogP contribution < -0.4 is 0 Å². The third kappa shape index (κ3) is 7.43. The summed E-state index contributed by atoms with van der Waals surface area (Å²) in [5.41, 5.74) is 0. The fourth-order valence-corrected chi connectivity index (χ4v) is 0.664. The second kappa shape index (κ2) is 8.43. The highest BCUT2D eigenvalue weighted by atomic mass is 17.2. The van der Waals surface area contributed by atoms with Crippen LogP contribution in [0.15, 0.2) is 0 Å². The first-order valence-corrected chi connectivity index (χ1v) is 3.63. The van der Waals surface area contributed by atoms with Crippen LogP contribution >= 0.6 is 0 Å². The molecule has 0 aromatic carbocycles. The molecular weight excluding hydrogens is 132 g/mol. The monoisotopic (exact) mass is 146 g/mol. The zero-order valence-electron chi connectivity index (χ0n) is 6.34. The van der Waals surface area contributed by atoms with E-state index in [4.69, 9.17) is 0 Å². The number of carbonyl (C=O) groups is 1. The molecule has 0 N–H and O–H groups in total.